The van der Waals surface area contributed by atoms with Crippen molar-refractivity contribution < 1.29 is 47.7 Å². The predicted molar refractivity (Wildman–Crippen MR) is 179 cm³/mol. The molecule has 268 valence electrons. The molecule has 1 amide bonds. The van der Waals surface area contributed by atoms with Crippen molar-refractivity contribution in [3.63, 3.8) is 0 Å². The Morgan fingerprint density at radius 2 is 1.38 bits per heavy atom. The molecule has 20 heteroatoms. The lowest BCUT2D eigenvalue weighted by Gasteiger charge is -2.42. The summed E-state index contributed by atoms with van der Waals surface area (Å²) in [7, 11) is 0. The number of epoxide rings is 1. The quantitative estimate of drug-likeness (QED) is 0.0760. The summed E-state index contributed by atoms with van der Waals surface area (Å²) >= 11 is 51.5. The van der Waals surface area contributed by atoms with E-state index >= 15 is 0 Å². The lowest BCUT2D eigenvalue weighted by molar-refractivity contribution is -0.208. The van der Waals surface area contributed by atoms with Crippen LogP contribution in [0.15, 0.2) is 11.6 Å². The molecule has 2 aliphatic rings. The van der Waals surface area contributed by atoms with Crippen LogP contribution in [0.25, 0.3) is 0 Å². The molecule has 8 atom stereocenters. The maximum atomic E-state index is 12.8. The van der Waals surface area contributed by atoms with Crippen LogP contribution in [0.3, 0.4) is 0 Å². The second-order valence-corrected chi connectivity index (χ2v) is 17.9. The first-order valence-electron chi connectivity index (χ1n) is 14.0. The van der Waals surface area contributed by atoms with Gasteiger partial charge in [-0.15, -0.1) is 0 Å². The number of hydrogen-bond acceptors (Lipinski definition) is 10. The van der Waals surface area contributed by atoms with Crippen LogP contribution >= 0.6 is 104 Å². The van der Waals surface area contributed by atoms with Crippen LogP contribution in [-0.2, 0) is 47.7 Å². The fourth-order valence-corrected chi connectivity index (χ4v) is 5.06. The summed E-state index contributed by atoms with van der Waals surface area (Å²) in [5.74, 6) is -5.48. The fourth-order valence-electron chi connectivity index (χ4n) is 4.66. The van der Waals surface area contributed by atoms with Gasteiger partial charge in [0, 0.05) is 24.3 Å². The Labute approximate surface area is 316 Å². The third-order valence-corrected chi connectivity index (χ3v) is 8.71. The Kier molecular flexibility index (Phi) is 16.3. The van der Waals surface area contributed by atoms with Crippen LogP contribution in [0.4, 0.5) is 0 Å². The first kappa shape index (κ1) is 43.0. The second-order valence-electron chi connectivity index (χ2n) is 11.0. The molecule has 1 N–H and O–H groups in total. The van der Waals surface area contributed by atoms with E-state index in [0.717, 1.165) is 0 Å². The maximum absolute atomic E-state index is 12.8. The molecule has 0 bridgehead atoms. The normalized spacial score (nSPS) is 26.4. The van der Waals surface area contributed by atoms with Crippen LogP contribution in [0.2, 0.25) is 0 Å². The number of rotatable bonds is 13. The van der Waals surface area contributed by atoms with Crippen molar-refractivity contribution in [2.45, 2.75) is 95.0 Å². The van der Waals surface area contributed by atoms with Crippen LogP contribution in [0, 0.1) is 11.8 Å². The van der Waals surface area contributed by atoms with Crippen molar-refractivity contribution >= 4 is 134 Å². The minimum atomic E-state index is -2.53. The number of halogens is 9. The topological polar surface area (TPSA) is 147 Å². The van der Waals surface area contributed by atoms with Gasteiger partial charge in [-0.05, 0) is 26.7 Å². The van der Waals surface area contributed by atoms with E-state index in [1.807, 2.05) is 0 Å². The van der Waals surface area contributed by atoms with Crippen molar-refractivity contribution in [3.05, 3.63) is 11.6 Å². The molecule has 0 aromatic carbocycles. The van der Waals surface area contributed by atoms with E-state index in [1.165, 1.54) is 6.08 Å². The second kappa shape index (κ2) is 17.8. The molecule has 0 radical (unpaired) electrons. The van der Waals surface area contributed by atoms with E-state index in [9.17, 15) is 24.0 Å². The molecule has 2 fully saturated rings. The summed E-state index contributed by atoms with van der Waals surface area (Å²) in [4.78, 5) is 61.5. The van der Waals surface area contributed by atoms with Gasteiger partial charge in [-0.1, -0.05) is 124 Å². The molecule has 11 nitrogen and oxygen atoms in total. The third kappa shape index (κ3) is 13.8. The highest BCUT2D eigenvalue weighted by Crippen LogP contribution is 2.42. The predicted octanol–water partition coefficient (Wildman–Crippen LogP) is 6.09. The van der Waals surface area contributed by atoms with E-state index in [1.54, 1.807) is 27.7 Å². The summed E-state index contributed by atoms with van der Waals surface area (Å²) in [6, 6.07) is 0. The van der Waals surface area contributed by atoms with Crippen molar-refractivity contribution in [2.75, 3.05) is 13.2 Å². The molecule has 0 aromatic heterocycles. The lowest BCUT2D eigenvalue weighted by atomic mass is 9.85. The summed E-state index contributed by atoms with van der Waals surface area (Å²) in [5.41, 5.74) is 0.439. The number of hydrogen-bond donors (Lipinski definition) is 1. The van der Waals surface area contributed by atoms with E-state index < -0.39 is 77.7 Å². The largest absolute Gasteiger partial charge is 0.459 e. The number of Topliss-reactive ketones (excluding diaryl/α,β-unsaturated/α-hetero) is 1. The highest BCUT2D eigenvalue weighted by molar-refractivity contribution is 6.76. The average molecular weight is 850 g/mol. The van der Waals surface area contributed by atoms with Gasteiger partial charge in [-0.2, -0.15) is 0 Å². The first-order valence-corrected chi connectivity index (χ1v) is 17.4. The molecule has 0 aliphatic carbocycles. The summed E-state index contributed by atoms with van der Waals surface area (Å²) in [6.07, 6.45) is -3.83. The van der Waals surface area contributed by atoms with E-state index in [-0.39, 0.29) is 44.1 Å². The third-order valence-electron chi connectivity index (χ3n) is 7.32. The number of carbonyl (C=O) groups excluding carboxylic acids is 5. The molecular formula is C27H32Cl9NO10. The Morgan fingerprint density at radius 3 is 1.89 bits per heavy atom. The molecule has 0 saturated carbocycles. The van der Waals surface area contributed by atoms with E-state index in [2.05, 4.69) is 5.32 Å². The number of esters is 3. The Morgan fingerprint density at radius 1 is 0.851 bits per heavy atom. The number of carbonyl (C=O) groups is 5. The Balaban J connectivity index is 2.32. The van der Waals surface area contributed by atoms with Gasteiger partial charge in [0.15, 0.2) is 11.9 Å². The van der Waals surface area contributed by atoms with Gasteiger partial charge >= 0.3 is 17.9 Å². The number of amides is 1. The fraction of sp³-hybridized carbons (Fsp3) is 0.741. The molecular weight excluding hydrogens is 817 g/mol. The Hall–Kier alpha value is -0.180. The molecule has 2 rings (SSSR count). The summed E-state index contributed by atoms with van der Waals surface area (Å²) in [5, 5.41) is 2.47. The van der Waals surface area contributed by atoms with Crippen molar-refractivity contribution in [1.29, 1.82) is 0 Å². The minimum Gasteiger partial charge on any atom is -0.459 e. The summed E-state index contributed by atoms with van der Waals surface area (Å²) < 4.78 is 20.9. The minimum absolute atomic E-state index is 0.0346. The smallest absolute Gasteiger partial charge is 0.359 e. The molecule has 2 heterocycles. The standard InChI is InChI=1S/C27H32Cl9NO10/c1-5-15(38)9-37-18(39)7-11(2)6-16-21(47-24(42)27(34,35)36)20(46-23(41)26(31,32)33)14(10-43-16)8-17-19(45-17)12(3)13(4)44-22(40)25(28,29)30/h7,12-14,16-17,19-21H,5-6,8-10H2,1-4H3,(H,37,39)/b11-7+/t12-,13-,14-,16-,17-,19-,20+,21-/m0/s1. The van der Waals surface area contributed by atoms with Crippen molar-refractivity contribution in [3.8, 4) is 0 Å². The van der Waals surface area contributed by atoms with Crippen LogP contribution in [0.1, 0.15) is 47.0 Å². The van der Waals surface area contributed by atoms with E-state index in [0.29, 0.717) is 5.57 Å². The number of alkyl halides is 9. The van der Waals surface area contributed by atoms with Gasteiger partial charge in [-0.3, -0.25) is 9.59 Å². The first-order chi connectivity index (χ1) is 21.4. The number of ketones is 1. The van der Waals surface area contributed by atoms with Crippen LogP contribution in [-0.4, -0.2) is 90.8 Å². The highest BCUT2D eigenvalue weighted by atomic mass is 35.6. The van der Waals surface area contributed by atoms with Gasteiger partial charge in [0.05, 0.1) is 25.4 Å². The van der Waals surface area contributed by atoms with Gasteiger partial charge in [0.25, 0.3) is 11.4 Å². The zero-order valence-electron chi connectivity index (χ0n) is 25.2. The van der Waals surface area contributed by atoms with Gasteiger partial charge < -0.3 is 29.0 Å². The van der Waals surface area contributed by atoms with Crippen LogP contribution < -0.4 is 5.32 Å². The van der Waals surface area contributed by atoms with Crippen molar-refractivity contribution in [2.24, 2.45) is 11.8 Å². The average Bonchev–Trinajstić information content (AvgIpc) is 3.71. The highest BCUT2D eigenvalue weighted by Gasteiger charge is 2.54. The van der Waals surface area contributed by atoms with Gasteiger partial charge in [0.1, 0.15) is 18.3 Å². The zero-order valence-corrected chi connectivity index (χ0v) is 32.0. The summed E-state index contributed by atoms with van der Waals surface area (Å²) in [6.45, 7) is 6.37. The number of ether oxygens (including phenoxy) is 5. The van der Waals surface area contributed by atoms with Gasteiger partial charge in [-0.25, -0.2) is 14.4 Å². The molecule has 2 aliphatic heterocycles. The lowest BCUT2D eigenvalue weighted by Crippen LogP contribution is -2.55. The van der Waals surface area contributed by atoms with Crippen LogP contribution in [0.5, 0.6) is 0 Å². The molecule has 0 spiro atoms. The molecule has 2 saturated heterocycles. The SMILES string of the molecule is CCC(=O)CNC(=O)/C=C(\C)C[C@@H]1OC[C@H](C[C@@H]2O[C@H]2[C@@H](C)[C@H](C)OC(=O)C(Cl)(Cl)Cl)[C@@H](OC(=O)C(Cl)(Cl)Cl)[C@H]1OC(=O)C(Cl)(Cl)Cl. The Bertz CT molecular complexity index is 1200. The number of nitrogens with one attached hydrogen (secondary N) is 1. The molecule has 0 aromatic rings. The van der Waals surface area contributed by atoms with Gasteiger partial charge in [0.2, 0.25) is 5.91 Å². The zero-order chi connectivity index (χ0) is 36.1. The van der Waals surface area contributed by atoms with E-state index in [4.69, 9.17) is 128 Å². The molecule has 0 unspecified atom stereocenters. The maximum Gasteiger partial charge on any atom is 0.359 e. The monoisotopic (exact) mass is 845 g/mol. The molecule has 47 heavy (non-hydrogen) atoms. The van der Waals surface area contributed by atoms with Crippen molar-refractivity contribution in [1.82, 2.24) is 5.32 Å².